The summed E-state index contributed by atoms with van der Waals surface area (Å²) in [5.41, 5.74) is 2.24. The Morgan fingerprint density at radius 2 is 1.90 bits per heavy atom. The minimum atomic E-state index is -0.518. The Balaban J connectivity index is 2.09. The number of aryl methyl sites for hydroxylation is 1. The quantitative estimate of drug-likeness (QED) is 0.394. The smallest absolute Gasteiger partial charge is 0.344 e. The van der Waals surface area contributed by atoms with Crippen LogP contribution in [0.3, 0.4) is 0 Å². The number of nitrogens with zero attached hydrogens (tertiary/aromatic N) is 1. The summed E-state index contributed by atoms with van der Waals surface area (Å²) in [6, 6.07) is 14.0. The minimum absolute atomic E-state index is 0.0687. The Morgan fingerprint density at radius 1 is 1.17 bits per heavy atom. The Labute approximate surface area is 174 Å². The number of esters is 1. The van der Waals surface area contributed by atoms with Gasteiger partial charge in [0.2, 0.25) is 0 Å². The molecule has 0 heterocycles. The first kappa shape index (κ1) is 22.0. The SMILES string of the molecule is CCOC(=O)COc1ccc(/C=C(\C#N)C(=O)Nc2ccc(CC)cc2)cc1Cl. The highest BCUT2D eigenvalue weighted by atomic mass is 35.5. The van der Waals surface area contributed by atoms with Crippen LogP contribution in [0.15, 0.2) is 48.0 Å². The molecule has 2 rings (SSSR count). The Kier molecular flexibility index (Phi) is 8.26. The van der Waals surface area contributed by atoms with Gasteiger partial charge in [-0.2, -0.15) is 5.26 Å². The second kappa shape index (κ2) is 10.9. The summed E-state index contributed by atoms with van der Waals surface area (Å²) in [5.74, 6) is -0.714. The third kappa shape index (κ3) is 6.66. The van der Waals surface area contributed by atoms with Gasteiger partial charge in [-0.15, -0.1) is 0 Å². The van der Waals surface area contributed by atoms with Gasteiger partial charge in [-0.25, -0.2) is 4.79 Å². The monoisotopic (exact) mass is 412 g/mol. The highest BCUT2D eigenvalue weighted by molar-refractivity contribution is 6.32. The van der Waals surface area contributed by atoms with Crippen molar-refractivity contribution in [2.24, 2.45) is 0 Å². The van der Waals surface area contributed by atoms with Crippen molar-refractivity contribution in [1.82, 2.24) is 0 Å². The zero-order valence-electron chi connectivity index (χ0n) is 16.2. The van der Waals surface area contributed by atoms with Crippen molar-refractivity contribution >= 4 is 35.2 Å². The van der Waals surface area contributed by atoms with Gasteiger partial charge in [-0.1, -0.05) is 36.7 Å². The number of carbonyl (C=O) groups excluding carboxylic acids is 2. The first-order valence-electron chi connectivity index (χ1n) is 9.06. The van der Waals surface area contributed by atoms with Gasteiger partial charge in [-0.3, -0.25) is 4.79 Å². The summed E-state index contributed by atoms with van der Waals surface area (Å²) in [7, 11) is 0. The van der Waals surface area contributed by atoms with E-state index < -0.39 is 11.9 Å². The molecule has 0 radical (unpaired) electrons. The first-order valence-corrected chi connectivity index (χ1v) is 9.44. The zero-order chi connectivity index (χ0) is 21.2. The van der Waals surface area contributed by atoms with Gasteiger partial charge in [0.05, 0.1) is 11.6 Å². The van der Waals surface area contributed by atoms with Crippen molar-refractivity contribution < 1.29 is 19.1 Å². The molecule has 0 atom stereocenters. The predicted molar refractivity (Wildman–Crippen MR) is 112 cm³/mol. The number of hydrogen-bond donors (Lipinski definition) is 1. The van der Waals surface area contributed by atoms with E-state index in [1.54, 1.807) is 37.3 Å². The number of amides is 1. The highest BCUT2D eigenvalue weighted by Crippen LogP contribution is 2.26. The van der Waals surface area contributed by atoms with Gasteiger partial charge in [0.15, 0.2) is 6.61 Å². The van der Waals surface area contributed by atoms with Gasteiger partial charge in [0.25, 0.3) is 5.91 Å². The summed E-state index contributed by atoms with van der Waals surface area (Å²) in [5, 5.41) is 12.3. The van der Waals surface area contributed by atoms with Gasteiger partial charge in [-0.05, 0) is 54.8 Å². The third-order valence-electron chi connectivity index (χ3n) is 3.90. The van der Waals surface area contributed by atoms with Crippen molar-refractivity contribution in [3.8, 4) is 11.8 Å². The number of nitriles is 1. The maximum absolute atomic E-state index is 12.4. The minimum Gasteiger partial charge on any atom is -0.480 e. The number of nitrogens with one attached hydrogen (secondary N) is 1. The number of ether oxygens (including phenoxy) is 2. The lowest BCUT2D eigenvalue weighted by Gasteiger charge is -2.08. The molecule has 0 aliphatic carbocycles. The summed E-state index contributed by atoms with van der Waals surface area (Å²) in [4.78, 5) is 23.7. The van der Waals surface area contributed by atoms with E-state index >= 15 is 0 Å². The normalized spacial score (nSPS) is 10.8. The van der Waals surface area contributed by atoms with Crippen LogP contribution in [0.2, 0.25) is 5.02 Å². The molecule has 2 aromatic rings. The van der Waals surface area contributed by atoms with Crippen LogP contribution in [-0.4, -0.2) is 25.1 Å². The molecular formula is C22H21ClN2O4. The molecule has 0 saturated heterocycles. The Bertz CT molecular complexity index is 946. The molecular weight excluding hydrogens is 392 g/mol. The maximum atomic E-state index is 12.4. The zero-order valence-corrected chi connectivity index (χ0v) is 17.0. The molecule has 1 N–H and O–H groups in total. The molecule has 0 aromatic heterocycles. The summed E-state index contributed by atoms with van der Waals surface area (Å²) >= 11 is 6.16. The fourth-order valence-corrected chi connectivity index (χ4v) is 2.64. The standard InChI is InChI=1S/C22H21ClN2O4/c1-3-15-5-8-18(9-6-15)25-22(27)17(13-24)11-16-7-10-20(19(23)12-16)29-14-21(26)28-4-2/h5-12H,3-4,14H2,1-2H3,(H,25,27)/b17-11+. The topological polar surface area (TPSA) is 88.4 Å². The van der Waals surface area contributed by atoms with Crippen LogP contribution in [0.1, 0.15) is 25.0 Å². The lowest BCUT2D eigenvalue weighted by atomic mass is 10.1. The Morgan fingerprint density at radius 3 is 2.48 bits per heavy atom. The molecule has 2 aromatic carbocycles. The number of anilines is 1. The van der Waals surface area contributed by atoms with E-state index in [0.29, 0.717) is 17.0 Å². The molecule has 0 spiro atoms. The molecule has 6 nitrogen and oxygen atoms in total. The van der Waals surface area contributed by atoms with E-state index in [1.165, 1.54) is 6.08 Å². The summed E-state index contributed by atoms with van der Waals surface area (Å²) < 4.78 is 10.1. The van der Waals surface area contributed by atoms with Crippen LogP contribution in [0.4, 0.5) is 5.69 Å². The Hall–Kier alpha value is -3.30. The number of rotatable bonds is 8. The molecule has 0 unspecified atom stereocenters. The average molecular weight is 413 g/mol. The molecule has 0 aliphatic heterocycles. The number of carbonyl (C=O) groups is 2. The van der Waals surface area contributed by atoms with Crippen LogP contribution in [0.5, 0.6) is 5.75 Å². The van der Waals surface area contributed by atoms with Gasteiger partial charge in [0.1, 0.15) is 17.4 Å². The van der Waals surface area contributed by atoms with Crippen LogP contribution < -0.4 is 10.1 Å². The van der Waals surface area contributed by atoms with E-state index in [2.05, 4.69) is 5.32 Å². The molecule has 0 saturated carbocycles. The fourth-order valence-electron chi connectivity index (χ4n) is 2.40. The third-order valence-corrected chi connectivity index (χ3v) is 4.20. The van der Waals surface area contributed by atoms with Gasteiger partial charge < -0.3 is 14.8 Å². The molecule has 1 amide bonds. The fraction of sp³-hybridized carbons (Fsp3) is 0.227. The largest absolute Gasteiger partial charge is 0.480 e. The molecule has 7 heteroatoms. The van der Waals surface area contributed by atoms with Crippen LogP contribution >= 0.6 is 11.6 Å². The lowest BCUT2D eigenvalue weighted by Crippen LogP contribution is -2.14. The number of benzene rings is 2. The van der Waals surface area contributed by atoms with Crippen molar-refractivity contribution in [3.05, 3.63) is 64.2 Å². The first-order chi connectivity index (χ1) is 14.0. The molecule has 0 fully saturated rings. The van der Waals surface area contributed by atoms with E-state index in [0.717, 1.165) is 12.0 Å². The average Bonchev–Trinajstić information content (AvgIpc) is 2.72. The predicted octanol–water partition coefficient (Wildman–Crippen LogP) is 4.39. The van der Waals surface area contributed by atoms with E-state index in [1.807, 2.05) is 25.1 Å². The molecule has 29 heavy (non-hydrogen) atoms. The molecule has 0 aliphatic rings. The van der Waals surface area contributed by atoms with Crippen molar-refractivity contribution in [3.63, 3.8) is 0 Å². The summed E-state index contributed by atoms with van der Waals surface area (Å²) in [6.07, 6.45) is 2.33. The molecule has 150 valence electrons. The van der Waals surface area contributed by atoms with Crippen LogP contribution in [0.25, 0.3) is 6.08 Å². The van der Waals surface area contributed by atoms with Crippen LogP contribution in [-0.2, 0) is 20.7 Å². The lowest BCUT2D eigenvalue weighted by molar-refractivity contribution is -0.145. The highest BCUT2D eigenvalue weighted by Gasteiger charge is 2.11. The molecule has 0 bridgehead atoms. The van der Waals surface area contributed by atoms with Crippen molar-refractivity contribution in [1.29, 1.82) is 5.26 Å². The maximum Gasteiger partial charge on any atom is 0.344 e. The van der Waals surface area contributed by atoms with Crippen LogP contribution in [0, 0.1) is 11.3 Å². The van der Waals surface area contributed by atoms with Gasteiger partial charge >= 0.3 is 5.97 Å². The van der Waals surface area contributed by atoms with Gasteiger partial charge in [0, 0.05) is 5.69 Å². The second-order valence-corrected chi connectivity index (χ2v) is 6.37. The number of halogens is 1. The number of hydrogen-bond acceptors (Lipinski definition) is 5. The van der Waals surface area contributed by atoms with E-state index in [-0.39, 0.29) is 23.8 Å². The second-order valence-electron chi connectivity index (χ2n) is 5.96. The van der Waals surface area contributed by atoms with E-state index in [4.69, 9.17) is 21.1 Å². The van der Waals surface area contributed by atoms with Crippen molar-refractivity contribution in [2.75, 3.05) is 18.5 Å². The van der Waals surface area contributed by atoms with E-state index in [9.17, 15) is 14.9 Å². The summed E-state index contributed by atoms with van der Waals surface area (Å²) in [6.45, 7) is 3.75. The van der Waals surface area contributed by atoms with Crippen molar-refractivity contribution in [2.45, 2.75) is 20.3 Å².